The lowest BCUT2D eigenvalue weighted by atomic mass is 10.1. The van der Waals surface area contributed by atoms with Gasteiger partial charge in [-0.25, -0.2) is 4.99 Å². The van der Waals surface area contributed by atoms with Crippen molar-refractivity contribution in [3.8, 4) is 0 Å². The fourth-order valence-corrected chi connectivity index (χ4v) is 2.69. The van der Waals surface area contributed by atoms with Gasteiger partial charge >= 0.3 is 0 Å². The molecule has 1 amide bonds. The molecule has 3 N–H and O–H groups in total. The molecule has 0 fully saturated rings. The van der Waals surface area contributed by atoms with Gasteiger partial charge in [0.1, 0.15) is 0 Å². The minimum absolute atomic E-state index is 0. The van der Waals surface area contributed by atoms with Crippen LogP contribution in [-0.2, 0) is 6.54 Å². The van der Waals surface area contributed by atoms with E-state index < -0.39 is 0 Å². The number of hydrogen-bond donors (Lipinski definition) is 3. The summed E-state index contributed by atoms with van der Waals surface area (Å²) in [7, 11) is 0. The number of carbonyl (C=O) groups excluding carboxylic acids is 1. The lowest BCUT2D eigenvalue weighted by molar-refractivity contribution is 0.0939. The molecule has 0 aliphatic heterocycles. The van der Waals surface area contributed by atoms with Crippen LogP contribution in [0.2, 0.25) is 0 Å². The average Bonchev–Trinajstić information content (AvgIpc) is 2.73. The molecule has 2 unspecified atom stereocenters. The van der Waals surface area contributed by atoms with E-state index in [0.717, 1.165) is 24.5 Å². The maximum atomic E-state index is 12.2. The quantitative estimate of drug-likeness (QED) is 0.276. The van der Waals surface area contributed by atoms with Crippen LogP contribution in [-0.4, -0.2) is 24.5 Å². The Morgan fingerprint density at radius 1 is 0.966 bits per heavy atom. The van der Waals surface area contributed by atoms with Crippen LogP contribution in [0.4, 0.5) is 0 Å². The first-order valence-corrected chi connectivity index (χ1v) is 10.0. The van der Waals surface area contributed by atoms with E-state index in [-0.39, 0.29) is 42.0 Å². The molecule has 0 saturated heterocycles. The van der Waals surface area contributed by atoms with Crippen molar-refractivity contribution in [1.29, 1.82) is 0 Å². The zero-order valence-electron chi connectivity index (χ0n) is 17.7. The molecular formula is C23H33IN4O. The van der Waals surface area contributed by atoms with Gasteiger partial charge in [0.15, 0.2) is 5.96 Å². The number of nitrogens with one attached hydrogen (secondary N) is 3. The lowest BCUT2D eigenvalue weighted by Crippen LogP contribution is -2.38. The highest BCUT2D eigenvalue weighted by atomic mass is 127. The van der Waals surface area contributed by atoms with Crippen molar-refractivity contribution in [2.45, 2.75) is 52.7 Å². The maximum Gasteiger partial charge on any atom is 0.251 e. The molecule has 5 nitrogen and oxygen atoms in total. The second-order valence-electron chi connectivity index (χ2n) is 6.95. The van der Waals surface area contributed by atoms with Gasteiger partial charge in [-0.2, -0.15) is 0 Å². The molecule has 158 valence electrons. The van der Waals surface area contributed by atoms with E-state index in [9.17, 15) is 4.79 Å². The van der Waals surface area contributed by atoms with Gasteiger partial charge in [-0.05, 0) is 50.5 Å². The molecule has 2 atom stereocenters. The molecule has 0 radical (unpaired) electrons. The zero-order chi connectivity index (χ0) is 20.4. The van der Waals surface area contributed by atoms with E-state index >= 15 is 0 Å². The Bertz CT molecular complexity index is 762. The third-order valence-corrected chi connectivity index (χ3v) is 4.62. The van der Waals surface area contributed by atoms with E-state index in [1.165, 1.54) is 5.56 Å². The molecule has 2 aromatic rings. The summed E-state index contributed by atoms with van der Waals surface area (Å²) in [6.45, 7) is 9.57. The van der Waals surface area contributed by atoms with Gasteiger partial charge in [0.25, 0.3) is 5.91 Å². The molecule has 6 heteroatoms. The summed E-state index contributed by atoms with van der Waals surface area (Å²) in [4.78, 5) is 16.9. The van der Waals surface area contributed by atoms with E-state index in [1.807, 2.05) is 49.4 Å². The van der Waals surface area contributed by atoms with E-state index in [0.29, 0.717) is 12.1 Å². The van der Waals surface area contributed by atoms with E-state index in [2.05, 4.69) is 53.8 Å². The summed E-state index contributed by atoms with van der Waals surface area (Å²) >= 11 is 0. The second kappa shape index (κ2) is 13.2. The standard InChI is InChI=1S/C23H32N4O.HI/c1-5-17(3)26-22(28)21-14-12-19(13-15-21)16-25-23(24-6-2)27-18(4)20-10-8-7-9-11-20;/h7-15,17-18H,5-6,16H2,1-4H3,(H,26,28)(H2,24,25,27);1H. The van der Waals surface area contributed by atoms with E-state index in [4.69, 9.17) is 0 Å². The topological polar surface area (TPSA) is 65.5 Å². The molecule has 0 bridgehead atoms. The molecule has 0 aromatic heterocycles. The van der Waals surface area contributed by atoms with Crippen LogP contribution >= 0.6 is 24.0 Å². The van der Waals surface area contributed by atoms with Crippen LogP contribution in [0, 0.1) is 0 Å². The van der Waals surface area contributed by atoms with Crippen LogP contribution in [0.3, 0.4) is 0 Å². The van der Waals surface area contributed by atoms with Crippen molar-refractivity contribution in [1.82, 2.24) is 16.0 Å². The van der Waals surface area contributed by atoms with Crippen LogP contribution in [0.5, 0.6) is 0 Å². The predicted octanol–water partition coefficient (Wildman–Crippen LogP) is 4.65. The number of nitrogens with zero attached hydrogens (tertiary/aromatic N) is 1. The van der Waals surface area contributed by atoms with Crippen LogP contribution in [0.15, 0.2) is 59.6 Å². The van der Waals surface area contributed by atoms with E-state index in [1.54, 1.807) is 0 Å². The number of aliphatic imine (C=N–C) groups is 1. The van der Waals surface area contributed by atoms with Crippen LogP contribution in [0.1, 0.15) is 61.6 Å². The summed E-state index contributed by atoms with van der Waals surface area (Å²) in [5.74, 6) is 0.744. The number of amides is 1. The smallest absolute Gasteiger partial charge is 0.251 e. The number of halogens is 1. The fraction of sp³-hybridized carbons (Fsp3) is 0.391. The first-order valence-electron chi connectivity index (χ1n) is 10.0. The van der Waals surface area contributed by atoms with Crippen molar-refractivity contribution in [2.24, 2.45) is 4.99 Å². The third kappa shape index (κ3) is 8.43. The maximum absolute atomic E-state index is 12.2. The van der Waals surface area contributed by atoms with Crippen molar-refractivity contribution in [3.05, 3.63) is 71.3 Å². The molecule has 29 heavy (non-hydrogen) atoms. The first kappa shape index (κ1) is 24.9. The minimum atomic E-state index is -0.0314. The highest BCUT2D eigenvalue weighted by Crippen LogP contribution is 2.11. The zero-order valence-corrected chi connectivity index (χ0v) is 20.1. The number of guanidine groups is 1. The first-order chi connectivity index (χ1) is 13.5. The summed E-state index contributed by atoms with van der Waals surface area (Å²) in [6.07, 6.45) is 0.917. The highest BCUT2D eigenvalue weighted by molar-refractivity contribution is 14.0. The van der Waals surface area contributed by atoms with Crippen molar-refractivity contribution in [3.63, 3.8) is 0 Å². The molecule has 0 spiro atoms. The summed E-state index contributed by atoms with van der Waals surface area (Å²) < 4.78 is 0. The van der Waals surface area contributed by atoms with Crippen LogP contribution < -0.4 is 16.0 Å². The predicted molar refractivity (Wildman–Crippen MR) is 132 cm³/mol. The molecule has 0 saturated carbocycles. The van der Waals surface area contributed by atoms with Crippen LogP contribution in [0.25, 0.3) is 0 Å². The molecule has 0 aliphatic carbocycles. The Kier molecular flexibility index (Phi) is 11.3. The van der Waals surface area contributed by atoms with Gasteiger partial charge in [0.2, 0.25) is 0 Å². The van der Waals surface area contributed by atoms with Crippen molar-refractivity contribution >= 4 is 35.8 Å². The lowest BCUT2D eigenvalue weighted by Gasteiger charge is -2.18. The Morgan fingerprint density at radius 3 is 2.21 bits per heavy atom. The second-order valence-corrected chi connectivity index (χ2v) is 6.95. The normalized spacial score (nSPS) is 13.0. The van der Waals surface area contributed by atoms with Gasteiger partial charge < -0.3 is 16.0 Å². The number of hydrogen-bond acceptors (Lipinski definition) is 2. The third-order valence-electron chi connectivity index (χ3n) is 4.62. The largest absolute Gasteiger partial charge is 0.357 e. The summed E-state index contributed by atoms with van der Waals surface area (Å²) in [5.41, 5.74) is 2.95. The monoisotopic (exact) mass is 508 g/mol. The summed E-state index contributed by atoms with van der Waals surface area (Å²) in [6, 6.07) is 18.3. The fourth-order valence-electron chi connectivity index (χ4n) is 2.69. The number of rotatable bonds is 8. The number of benzene rings is 2. The van der Waals surface area contributed by atoms with Crippen molar-refractivity contribution < 1.29 is 4.79 Å². The van der Waals surface area contributed by atoms with Gasteiger partial charge in [0, 0.05) is 18.2 Å². The Morgan fingerprint density at radius 2 is 1.62 bits per heavy atom. The molecular weight excluding hydrogens is 475 g/mol. The molecule has 2 rings (SSSR count). The Balaban J connectivity index is 0.00000420. The Labute approximate surface area is 191 Å². The van der Waals surface area contributed by atoms with Gasteiger partial charge in [-0.15, -0.1) is 24.0 Å². The number of carbonyl (C=O) groups is 1. The van der Waals surface area contributed by atoms with Gasteiger partial charge in [0.05, 0.1) is 12.6 Å². The average molecular weight is 508 g/mol. The van der Waals surface area contributed by atoms with Gasteiger partial charge in [-0.3, -0.25) is 4.79 Å². The highest BCUT2D eigenvalue weighted by Gasteiger charge is 2.09. The molecule has 0 aliphatic rings. The van der Waals surface area contributed by atoms with Gasteiger partial charge in [-0.1, -0.05) is 49.4 Å². The minimum Gasteiger partial charge on any atom is -0.357 e. The molecule has 0 heterocycles. The van der Waals surface area contributed by atoms with Crippen molar-refractivity contribution in [2.75, 3.05) is 6.54 Å². The molecule has 2 aromatic carbocycles. The SMILES string of the molecule is CCNC(=NCc1ccc(C(=O)NC(C)CC)cc1)NC(C)c1ccccc1.I. The Hall–Kier alpha value is -2.09. The summed E-state index contributed by atoms with van der Waals surface area (Å²) in [5, 5.41) is 9.71.